The Morgan fingerprint density at radius 2 is 1.85 bits per heavy atom. The van der Waals surface area contributed by atoms with Crippen molar-refractivity contribution < 1.29 is 9.53 Å². The lowest BCUT2D eigenvalue weighted by Gasteiger charge is -2.23. The topological polar surface area (TPSA) is 87.3 Å². The van der Waals surface area contributed by atoms with E-state index < -0.39 is 0 Å². The summed E-state index contributed by atoms with van der Waals surface area (Å²) in [6.07, 6.45) is 4.21. The van der Waals surface area contributed by atoms with Crippen molar-refractivity contribution in [3.63, 3.8) is 0 Å². The van der Waals surface area contributed by atoms with Crippen LogP contribution >= 0.6 is 11.3 Å². The highest BCUT2D eigenvalue weighted by Gasteiger charge is 2.21. The minimum Gasteiger partial charge on any atom is -0.497 e. The summed E-state index contributed by atoms with van der Waals surface area (Å²) in [6.45, 7) is 0.566. The van der Waals surface area contributed by atoms with E-state index in [1.165, 1.54) is 4.88 Å². The second-order valence-electron chi connectivity index (χ2n) is 8.40. The summed E-state index contributed by atoms with van der Waals surface area (Å²) in [5.74, 6) is 1.20. The molecule has 2 aromatic carbocycles. The van der Waals surface area contributed by atoms with Crippen molar-refractivity contribution in [3.05, 3.63) is 86.8 Å². The Balaban J connectivity index is 1.43. The highest BCUT2D eigenvalue weighted by atomic mass is 32.1. The number of carbonyl (C=O) groups excluding carboxylic acids is 1. The van der Waals surface area contributed by atoms with Crippen molar-refractivity contribution in [1.29, 1.82) is 0 Å². The standard InChI is InChI=1S/C26H26N4O3S/c1-33-19-13-11-18(12-14-19)27-26(32)30(15-17-7-3-2-4-8-17)16-22-28-24(31)23-20-9-5-6-10-21(20)34-25(23)29-22/h2-4,7-8,11-14H,5-6,9-10,15-16H2,1H3,(H,27,32)(H,28,29,31). The summed E-state index contributed by atoms with van der Waals surface area (Å²) < 4.78 is 5.19. The third kappa shape index (κ3) is 4.68. The maximum absolute atomic E-state index is 13.2. The summed E-state index contributed by atoms with van der Waals surface area (Å²) in [4.78, 5) is 37.6. The maximum atomic E-state index is 13.2. The predicted molar refractivity (Wildman–Crippen MR) is 135 cm³/mol. The number of anilines is 1. The summed E-state index contributed by atoms with van der Waals surface area (Å²) in [5, 5.41) is 3.66. The number of carbonyl (C=O) groups is 1. The summed E-state index contributed by atoms with van der Waals surface area (Å²) in [7, 11) is 1.60. The number of thiophene rings is 1. The van der Waals surface area contributed by atoms with Crippen molar-refractivity contribution in [2.24, 2.45) is 0 Å². The molecule has 8 heteroatoms. The first-order valence-electron chi connectivity index (χ1n) is 11.4. The summed E-state index contributed by atoms with van der Waals surface area (Å²) in [5.41, 5.74) is 2.69. The van der Waals surface area contributed by atoms with Gasteiger partial charge in [-0.1, -0.05) is 30.3 Å². The molecular formula is C26H26N4O3S. The van der Waals surface area contributed by atoms with E-state index in [1.54, 1.807) is 47.6 Å². The van der Waals surface area contributed by atoms with E-state index in [1.807, 2.05) is 30.3 Å². The average molecular weight is 475 g/mol. The van der Waals surface area contributed by atoms with Gasteiger partial charge in [-0.2, -0.15) is 0 Å². The number of nitrogens with one attached hydrogen (secondary N) is 2. The molecule has 1 aliphatic carbocycles. The van der Waals surface area contributed by atoms with Gasteiger partial charge < -0.3 is 19.9 Å². The molecule has 0 unspecified atom stereocenters. The van der Waals surface area contributed by atoms with Gasteiger partial charge >= 0.3 is 6.03 Å². The number of benzene rings is 2. The van der Waals surface area contributed by atoms with Gasteiger partial charge in [0.1, 0.15) is 16.4 Å². The Labute approximate surface area is 201 Å². The molecule has 0 radical (unpaired) electrons. The molecule has 0 saturated heterocycles. The van der Waals surface area contributed by atoms with Crippen LogP contribution in [0.2, 0.25) is 0 Å². The first-order valence-corrected chi connectivity index (χ1v) is 12.2. The van der Waals surface area contributed by atoms with Gasteiger partial charge in [-0.3, -0.25) is 4.79 Å². The fourth-order valence-corrected chi connectivity index (χ4v) is 5.63. The summed E-state index contributed by atoms with van der Waals surface area (Å²) in [6, 6.07) is 16.7. The molecule has 0 spiro atoms. The summed E-state index contributed by atoms with van der Waals surface area (Å²) >= 11 is 1.61. The minimum absolute atomic E-state index is 0.116. The molecule has 0 bridgehead atoms. The zero-order valence-corrected chi connectivity index (χ0v) is 19.8. The highest BCUT2D eigenvalue weighted by molar-refractivity contribution is 7.18. The SMILES string of the molecule is COc1ccc(NC(=O)N(Cc2ccccc2)Cc2nc3sc4c(c3c(=O)[nH]2)CCCC4)cc1. The van der Waals surface area contributed by atoms with Crippen LogP contribution in [0.4, 0.5) is 10.5 Å². The van der Waals surface area contributed by atoms with E-state index >= 15 is 0 Å². The van der Waals surface area contributed by atoms with Crippen LogP contribution in [0.15, 0.2) is 59.4 Å². The number of hydrogen-bond donors (Lipinski definition) is 2. The van der Waals surface area contributed by atoms with Crippen molar-refractivity contribution >= 4 is 33.3 Å². The van der Waals surface area contributed by atoms with Crippen LogP contribution in [0.25, 0.3) is 10.2 Å². The molecule has 2 aromatic heterocycles. The number of H-pyrrole nitrogens is 1. The van der Waals surface area contributed by atoms with E-state index in [-0.39, 0.29) is 18.1 Å². The number of urea groups is 1. The maximum Gasteiger partial charge on any atom is 0.322 e. The second-order valence-corrected chi connectivity index (χ2v) is 9.49. The molecule has 34 heavy (non-hydrogen) atoms. The normalized spacial score (nSPS) is 12.9. The Morgan fingerprint density at radius 3 is 2.62 bits per heavy atom. The molecule has 0 saturated carbocycles. The third-order valence-corrected chi connectivity index (χ3v) is 7.25. The molecule has 0 fully saturated rings. The lowest BCUT2D eigenvalue weighted by atomic mass is 9.97. The molecule has 7 nitrogen and oxygen atoms in total. The largest absolute Gasteiger partial charge is 0.497 e. The fraction of sp³-hybridized carbons (Fsp3) is 0.269. The average Bonchev–Trinajstić information content (AvgIpc) is 3.23. The van der Waals surface area contributed by atoms with Crippen molar-refractivity contribution in [3.8, 4) is 5.75 Å². The van der Waals surface area contributed by atoms with Crippen LogP contribution in [0.1, 0.15) is 34.7 Å². The fourth-order valence-electron chi connectivity index (χ4n) is 4.34. The van der Waals surface area contributed by atoms with Gasteiger partial charge in [0.25, 0.3) is 5.56 Å². The predicted octanol–water partition coefficient (Wildman–Crippen LogP) is 5.11. The van der Waals surface area contributed by atoms with E-state index in [2.05, 4.69) is 10.3 Å². The van der Waals surface area contributed by atoms with Crippen LogP contribution in [0.3, 0.4) is 0 Å². The number of fused-ring (bicyclic) bond motifs is 3. The van der Waals surface area contributed by atoms with Gasteiger partial charge in [-0.15, -0.1) is 11.3 Å². The number of nitrogens with zero attached hydrogens (tertiary/aromatic N) is 2. The number of rotatable bonds is 6. The number of methoxy groups -OCH3 is 1. The number of ether oxygens (including phenoxy) is 1. The van der Waals surface area contributed by atoms with Gasteiger partial charge in [0.2, 0.25) is 0 Å². The van der Waals surface area contributed by atoms with Crippen molar-refractivity contribution in [2.75, 3.05) is 12.4 Å². The molecular weight excluding hydrogens is 448 g/mol. The van der Waals surface area contributed by atoms with Crippen molar-refractivity contribution in [1.82, 2.24) is 14.9 Å². The van der Waals surface area contributed by atoms with E-state index in [9.17, 15) is 9.59 Å². The Morgan fingerprint density at radius 1 is 1.09 bits per heavy atom. The zero-order valence-electron chi connectivity index (χ0n) is 19.0. The monoisotopic (exact) mass is 474 g/mol. The molecule has 0 atom stereocenters. The van der Waals surface area contributed by atoms with Crippen LogP contribution in [-0.2, 0) is 25.9 Å². The Hall–Kier alpha value is -3.65. The number of aromatic amines is 1. The van der Waals surface area contributed by atoms with Crippen LogP contribution in [0.5, 0.6) is 5.75 Å². The van der Waals surface area contributed by atoms with Gasteiger partial charge in [-0.05, 0) is 61.1 Å². The molecule has 2 amide bonds. The molecule has 2 heterocycles. The third-order valence-electron chi connectivity index (χ3n) is 6.06. The molecule has 0 aliphatic heterocycles. The number of aryl methyl sites for hydroxylation is 2. The van der Waals surface area contributed by atoms with E-state index in [4.69, 9.17) is 9.72 Å². The lowest BCUT2D eigenvalue weighted by molar-refractivity contribution is 0.205. The Kier molecular flexibility index (Phi) is 6.31. The molecule has 4 aromatic rings. The van der Waals surface area contributed by atoms with Crippen LogP contribution in [0, 0.1) is 0 Å². The highest BCUT2D eigenvalue weighted by Crippen LogP contribution is 2.33. The molecule has 174 valence electrons. The van der Waals surface area contributed by atoms with Crippen LogP contribution in [-0.4, -0.2) is 28.0 Å². The van der Waals surface area contributed by atoms with Gasteiger partial charge in [0, 0.05) is 17.1 Å². The van der Waals surface area contributed by atoms with E-state index in [0.29, 0.717) is 23.8 Å². The minimum atomic E-state index is -0.276. The smallest absolute Gasteiger partial charge is 0.322 e. The van der Waals surface area contributed by atoms with Crippen LogP contribution < -0.4 is 15.6 Å². The van der Waals surface area contributed by atoms with Gasteiger partial charge in [0.15, 0.2) is 0 Å². The lowest BCUT2D eigenvalue weighted by Crippen LogP contribution is -2.35. The number of aromatic nitrogens is 2. The Bertz CT molecular complexity index is 1360. The quantitative estimate of drug-likeness (QED) is 0.407. The van der Waals surface area contributed by atoms with Gasteiger partial charge in [-0.25, -0.2) is 9.78 Å². The first-order chi connectivity index (χ1) is 16.6. The zero-order chi connectivity index (χ0) is 23.5. The second kappa shape index (κ2) is 9.69. The molecule has 5 rings (SSSR count). The van der Waals surface area contributed by atoms with E-state index in [0.717, 1.165) is 47.0 Å². The number of hydrogen-bond acceptors (Lipinski definition) is 5. The molecule has 1 aliphatic rings. The molecule has 2 N–H and O–H groups in total. The number of amides is 2. The first kappa shape index (κ1) is 22.2. The van der Waals surface area contributed by atoms with Gasteiger partial charge in [0.05, 0.1) is 19.0 Å². The van der Waals surface area contributed by atoms with Crippen molar-refractivity contribution in [2.45, 2.75) is 38.8 Å².